The van der Waals surface area contributed by atoms with Crippen molar-refractivity contribution < 1.29 is 15.0 Å². The van der Waals surface area contributed by atoms with Crippen LogP contribution >= 0.6 is 0 Å². The first-order valence-electron chi connectivity index (χ1n) is 7.73. The standard InChI is InChI=1S/C17H25NO3Si/c1-17(2,3)22(4,5)18-13-9-7-11-15(20)14(19)10-6-8-12(13)16(18)21/h12-15,19-20H,8-9H2,1-5H3/t12-,13-,14-,15+/m0/s1. The van der Waals surface area contributed by atoms with Gasteiger partial charge < -0.3 is 14.8 Å². The molecular formula is C17H25NO3Si. The molecule has 2 rings (SSSR count). The molecule has 5 heteroatoms. The van der Waals surface area contributed by atoms with Crippen LogP contribution in [-0.2, 0) is 4.79 Å². The van der Waals surface area contributed by atoms with Crippen molar-refractivity contribution >= 4 is 14.1 Å². The third kappa shape index (κ3) is 2.81. The van der Waals surface area contributed by atoms with Crippen molar-refractivity contribution in [2.45, 2.75) is 70.0 Å². The molecule has 2 aliphatic rings. The first kappa shape index (κ1) is 17.1. The summed E-state index contributed by atoms with van der Waals surface area (Å²) in [4.78, 5) is 12.6. The fraction of sp³-hybridized carbons (Fsp3) is 0.706. The number of hydrogen-bond acceptors (Lipinski definition) is 3. The molecule has 4 nitrogen and oxygen atoms in total. The highest BCUT2D eigenvalue weighted by atomic mass is 28.3. The maximum atomic E-state index is 12.6. The zero-order valence-corrected chi connectivity index (χ0v) is 15.0. The predicted octanol–water partition coefficient (Wildman–Crippen LogP) is 1.34. The number of β-lactam (4-membered cyclic amide) rings is 1. The van der Waals surface area contributed by atoms with E-state index < -0.39 is 20.4 Å². The molecule has 1 heterocycles. The van der Waals surface area contributed by atoms with Crippen molar-refractivity contribution in [3.63, 3.8) is 0 Å². The van der Waals surface area contributed by atoms with Crippen molar-refractivity contribution in [3.8, 4) is 23.7 Å². The summed E-state index contributed by atoms with van der Waals surface area (Å²) in [5.74, 6) is 11.1. The van der Waals surface area contributed by atoms with E-state index in [2.05, 4.69) is 62.1 Å². The molecular weight excluding hydrogens is 294 g/mol. The summed E-state index contributed by atoms with van der Waals surface area (Å²) in [5.41, 5.74) is 0. The fourth-order valence-electron chi connectivity index (χ4n) is 2.81. The summed E-state index contributed by atoms with van der Waals surface area (Å²) in [6.45, 7) is 11.0. The monoisotopic (exact) mass is 319 g/mol. The van der Waals surface area contributed by atoms with Gasteiger partial charge in [0, 0.05) is 18.9 Å². The maximum absolute atomic E-state index is 12.6. The molecule has 120 valence electrons. The van der Waals surface area contributed by atoms with Crippen LogP contribution < -0.4 is 0 Å². The van der Waals surface area contributed by atoms with Crippen LogP contribution in [0.3, 0.4) is 0 Å². The lowest BCUT2D eigenvalue weighted by atomic mass is 9.85. The number of rotatable bonds is 1. The molecule has 4 atom stereocenters. The van der Waals surface area contributed by atoms with Gasteiger partial charge in [-0.05, 0) is 5.04 Å². The van der Waals surface area contributed by atoms with E-state index in [1.54, 1.807) is 0 Å². The predicted molar refractivity (Wildman–Crippen MR) is 88.1 cm³/mol. The van der Waals surface area contributed by atoms with Gasteiger partial charge in [-0.25, -0.2) is 0 Å². The molecule has 1 saturated heterocycles. The lowest BCUT2D eigenvalue weighted by molar-refractivity contribution is -0.147. The molecule has 0 bridgehead atoms. The smallest absolute Gasteiger partial charge is 0.221 e. The van der Waals surface area contributed by atoms with E-state index in [0.29, 0.717) is 12.8 Å². The Morgan fingerprint density at radius 1 is 1.09 bits per heavy atom. The maximum Gasteiger partial charge on any atom is 0.221 e. The zero-order chi connectivity index (χ0) is 16.7. The fourth-order valence-corrected chi connectivity index (χ4v) is 5.35. The van der Waals surface area contributed by atoms with Crippen LogP contribution in [0.1, 0.15) is 33.6 Å². The molecule has 1 aliphatic heterocycles. The largest absolute Gasteiger partial charge is 0.377 e. The topological polar surface area (TPSA) is 60.8 Å². The van der Waals surface area contributed by atoms with Crippen molar-refractivity contribution in [2.75, 3.05) is 0 Å². The Hall–Kier alpha value is -1.27. The van der Waals surface area contributed by atoms with Gasteiger partial charge in [0.15, 0.2) is 20.4 Å². The number of amides is 1. The number of fused-ring (bicyclic) bond motifs is 1. The summed E-state index contributed by atoms with van der Waals surface area (Å²) < 4.78 is 2.07. The molecule has 1 fully saturated rings. The van der Waals surface area contributed by atoms with Crippen LogP contribution in [0.4, 0.5) is 0 Å². The van der Waals surface area contributed by atoms with Crippen LogP contribution in [0, 0.1) is 29.6 Å². The molecule has 0 aromatic carbocycles. The van der Waals surface area contributed by atoms with Crippen LogP contribution in [-0.4, -0.2) is 47.2 Å². The average molecular weight is 319 g/mol. The van der Waals surface area contributed by atoms with Crippen LogP contribution in [0.15, 0.2) is 0 Å². The van der Waals surface area contributed by atoms with Gasteiger partial charge >= 0.3 is 0 Å². The summed E-state index contributed by atoms with van der Waals surface area (Å²) in [6.07, 6.45) is -1.33. The Morgan fingerprint density at radius 2 is 1.59 bits per heavy atom. The second-order valence-electron chi connectivity index (χ2n) is 7.63. The minimum atomic E-state index is -1.94. The summed E-state index contributed by atoms with van der Waals surface area (Å²) >= 11 is 0. The second-order valence-corrected chi connectivity index (χ2v) is 12.7. The van der Waals surface area contributed by atoms with E-state index in [-0.39, 0.29) is 22.9 Å². The Labute approximate surface area is 134 Å². The first-order chi connectivity index (χ1) is 10.1. The van der Waals surface area contributed by atoms with E-state index >= 15 is 0 Å². The van der Waals surface area contributed by atoms with Crippen molar-refractivity contribution in [1.82, 2.24) is 4.57 Å². The van der Waals surface area contributed by atoms with Gasteiger partial charge in [-0.2, -0.15) is 0 Å². The third-order valence-electron chi connectivity index (χ3n) is 5.22. The SMILES string of the molecule is CC(C)(C)[Si](C)(C)N1C(=O)[C@H]2CC#C[C@H](O)[C@H](O)C#CC[C@@H]21. The number of aliphatic hydroxyl groups excluding tert-OH is 2. The quantitative estimate of drug-likeness (QED) is 0.436. The van der Waals surface area contributed by atoms with Gasteiger partial charge in [0.25, 0.3) is 0 Å². The van der Waals surface area contributed by atoms with E-state index in [0.717, 1.165) is 0 Å². The lowest BCUT2D eigenvalue weighted by Crippen LogP contribution is -2.72. The molecule has 0 spiro atoms. The van der Waals surface area contributed by atoms with Gasteiger partial charge in [0.05, 0.1) is 5.92 Å². The minimum absolute atomic E-state index is 0.0811. The van der Waals surface area contributed by atoms with Gasteiger partial charge in [-0.3, -0.25) is 4.79 Å². The summed E-state index contributed by atoms with van der Waals surface area (Å²) in [5, 5.41) is 19.4. The zero-order valence-electron chi connectivity index (χ0n) is 14.0. The minimum Gasteiger partial charge on any atom is -0.377 e. The first-order valence-corrected chi connectivity index (χ1v) is 10.7. The Morgan fingerprint density at radius 3 is 2.09 bits per heavy atom. The molecule has 1 amide bonds. The van der Waals surface area contributed by atoms with E-state index in [1.807, 2.05) is 0 Å². The van der Waals surface area contributed by atoms with E-state index in [1.165, 1.54) is 0 Å². The number of nitrogens with zero attached hydrogens (tertiary/aromatic N) is 1. The van der Waals surface area contributed by atoms with Gasteiger partial charge in [-0.15, -0.1) is 0 Å². The third-order valence-corrected chi connectivity index (χ3v) is 10.6. The molecule has 2 N–H and O–H groups in total. The highest BCUT2D eigenvalue weighted by Gasteiger charge is 2.56. The molecule has 22 heavy (non-hydrogen) atoms. The molecule has 0 saturated carbocycles. The summed E-state index contributed by atoms with van der Waals surface area (Å²) in [7, 11) is -1.94. The normalized spacial score (nSPS) is 32.0. The number of carbonyl (C=O) groups is 1. The average Bonchev–Trinajstić information content (AvgIpc) is 2.39. The number of aliphatic hydroxyl groups is 2. The van der Waals surface area contributed by atoms with Crippen LogP contribution in [0.5, 0.6) is 0 Å². The van der Waals surface area contributed by atoms with E-state index in [4.69, 9.17) is 0 Å². The van der Waals surface area contributed by atoms with Crippen LogP contribution in [0.25, 0.3) is 0 Å². The second kappa shape index (κ2) is 5.74. The van der Waals surface area contributed by atoms with Crippen molar-refractivity contribution in [3.05, 3.63) is 0 Å². The van der Waals surface area contributed by atoms with Crippen molar-refractivity contribution in [2.24, 2.45) is 5.92 Å². The Balaban J connectivity index is 2.28. The Kier molecular flexibility index (Phi) is 4.46. The molecule has 1 aliphatic carbocycles. The highest BCUT2D eigenvalue weighted by molar-refractivity contribution is 6.80. The molecule has 0 unspecified atom stereocenters. The number of carbonyl (C=O) groups excluding carboxylic acids is 1. The number of hydrogen-bond donors (Lipinski definition) is 2. The van der Waals surface area contributed by atoms with Crippen molar-refractivity contribution in [1.29, 1.82) is 0 Å². The van der Waals surface area contributed by atoms with Gasteiger partial charge in [-0.1, -0.05) is 57.5 Å². The lowest BCUT2D eigenvalue weighted by Gasteiger charge is -2.58. The van der Waals surface area contributed by atoms with E-state index in [9.17, 15) is 15.0 Å². The van der Waals surface area contributed by atoms with Gasteiger partial charge in [0.2, 0.25) is 5.91 Å². The highest BCUT2D eigenvalue weighted by Crippen LogP contribution is 2.46. The molecule has 0 radical (unpaired) electrons. The van der Waals surface area contributed by atoms with Gasteiger partial charge in [0.1, 0.15) is 0 Å². The molecule has 0 aromatic rings. The molecule has 0 aromatic heterocycles. The Bertz CT molecular complexity index is 585. The summed E-state index contributed by atoms with van der Waals surface area (Å²) in [6, 6.07) is 0.0811. The van der Waals surface area contributed by atoms with Crippen LogP contribution in [0.2, 0.25) is 18.1 Å².